The van der Waals surface area contributed by atoms with Gasteiger partial charge in [0.1, 0.15) is 0 Å². The Kier molecular flexibility index (Phi) is 7.30. The monoisotopic (exact) mass is 451 g/mol. The predicted molar refractivity (Wildman–Crippen MR) is 118 cm³/mol. The Balaban J connectivity index is 1.28. The molecule has 4 saturated carbocycles. The lowest BCUT2D eigenvalue weighted by molar-refractivity contribution is -0.136. The van der Waals surface area contributed by atoms with Crippen molar-refractivity contribution in [1.82, 2.24) is 15.2 Å². The van der Waals surface area contributed by atoms with Crippen LogP contribution < -0.4 is 5.32 Å². The van der Waals surface area contributed by atoms with Gasteiger partial charge < -0.3 is 10.2 Å². The molecule has 0 aromatic carbocycles. The standard InChI is InChI=1S/C25H36F3N3O/c26-25(27,28)6-2-11-31(23(32)30-8-1-3-19-4-9-29-10-5-19)12-7-24-16-20-13-21(17-24)15-22(14-20)18-24/h4-5,9-10,20-22H,1-3,6-8,11-18H2,(H,30,32). The van der Waals surface area contributed by atoms with Crippen LogP contribution in [0.3, 0.4) is 0 Å². The summed E-state index contributed by atoms with van der Waals surface area (Å²) >= 11 is 0. The van der Waals surface area contributed by atoms with Crippen LogP contribution in [0.1, 0.15) is 69.8 Å². The molecule has 5 rings (SSSR count). The molecule has 1 N–H and O–H groups in total. The highest BCUT2D eigenvalue weighted by Gasteiger charge is 2.50. The average molecular weight is 452 g/mol. The third-order valence-electron chi connectivity index (χ3n) is 7.92. The molecule has 4 aliphatic rings. The van der Waals surface area contributed by atoms with E-state index in [0.717, 1.165) is 42.6 Å². The van der Waals surface area contributed by atoms with Gasteiger partial charge >= 0.3 is 12.2 Å². The number of hydrogen-bond acceptors (Lipinski definition) is 2. The maximum Gasteiger partial charge on any atom is 0.389 e. The molecule has 0 unspecified atom stereocenters. The molecule has 0 atom stereocenters. The molecule has 0 aliphatic heterocycles. The van der Waals surface area contributed by atoms with Gasteiger partial charge in [0.25, 0.3) is 0 Å². The summed E-state index contributed by atoms with van der Waals surface area (Å²) < 4.78 is 38.1. The molecule has 178 valence electrons. The second-order valence-electron chi connectivity index (χ2n) is 10.6. The third kappa shape index (κ3) is 6.38. The van der Waals surface area contributed by atoms with Crippen molar-refractivity contribution in [3.8, 4) is 0 Å². The number of carbonyl (C=O) groups is 1. The lowest BCUT2D eigenvalue weighted by Gasteiger charge is -2.57. The predicted octanol–water partition coefficient (Wildman–Crippen LogP) is 5.97. The summed E-state index contributed by atoms with van der Waals surface area (Å²) in [5, 5.41) is 2.95. The van der Waals surface area contributed by atoms with Crippen LogP contribution in [0.5, 0.6) is 0 Å². The van der Waals surface area contributed by atoms with Gasteiger partial charge in [0, 0.05) is 38.4 Å². The van der Waals surface area contributed by atoms with Crippen molar-refractivity contribution < 1.29 is 18.0 Å². The van der Waals surface area contributed by atoms with Crippen molar-refractivity contribution in [1.29, 1.82) is 0 Å². The highest BCUT2D eigenvalue weighted by atomic mass is 19.4. The van der Waals surface area contributed by atoms with Gasteiger partial charge in [-0.2, -0.15) is 13.2 Å². The fraction of sp³-hybridized carbons (Fsp3) is 0.760. The molecule has 7 heteroatoms. The van der Waals surface area contributed by atoms with Crippen LogP contribution in [-0.4, -0.2) is 41.7 Å². The number of rotatable bonds is 10. The van der Waals surface area contributed by atoms with Crippen LogP contribution >= 0.6 is 0 Å². The van der Waals surface area contributed by atoms with Crippen molar-refractivity contribution in [2.24, 2.45) is 23.2 Å². The highest BCUT2D eigenvalue weighted by Crippen LogP contribution is 2.61. The van der Waals surface area contributed by atoms with Gasteiger partial charge in [0.15, 0.2) is 0 Å². The number of nitrogens with one attached hydrogen (secondary N) is 1. The first-order valence-corrected chi connectivity index (χ1v) is 12.3. The summed E-state index contributed by atoms with van der Waals surface area (Å²) in [7, 11) is 0. The maximum atomic E-state index is 12.9. The minimum atomic E-state index is -4.17. The van der Waals surface area contributed by atoms with Gasteiger partial charge in [-0.3, -0.25) is 4.98 Å². The van der Waals surface area contributed by atoms with E-state index >= 15 is 0 Å². The Hall–Kier alpha value is -1.79. The van der Waals surface area contributed by atoms with Gasteiger partial charge in [-0.1, -0.05) is 0 Å². The lowest BCUT2D eigenvalue weighted by atomic mass is 9.49. The largest absolute Gasteiger partial charge is 0.389 e. The fourth-order valence-corrected chi connectivity index (χ4v) is 6.90. The van der Waals surface area contributed by atoms with E-state index in [2.05, 4.69) is 10.3 Å². The first kappa shape index (κ1) is 23.4. The molecular weight excluding hydrogens is 415 g/mol. The van der Waals surface area contributed by atoms with Crippen LogP contribution in [0, 0.1) is 23.2 Å². The van der Waals surface area contributed by atoms with Gasteiger partial charge in [0.05, 0.1) is 0 Å². The molecule has 0 saturated heterocycles. The van der Waals surface area contributed by atoms with Crippen LogP contribution in [0.15, 0.2) is 24.5 Å². The van der Waals surface area contributed by atoms with Gasteiger partial charge in [-0.25, -0.2) is 4.79 Å². The molecule has 1 heterocycles. The van der Waals surface area contributed by atoms with Crippen molar-refractivity contribution in [2.75, 3.05) is 19.6 Å². The third-order valence-corrected chi connectivity index (χ3v) is 7.92. The van der Waals surface area contributed by atoms with E-state index in [1.54, 1.807) is 17.3 Å². The molecular formula is C25H36F3N3O. The van der Waals surface area contributed by atoms with E-state index in [1.165, 1.54) is 38.5 Å². The quantitative estimate of drug-likeness (QED) is 0.445. The summed E-state index contributed by atoms with van der Waals surface area (Å²) in [6.45, 7) is 1.26. The van der Waals surface area contributed by atoms with Crippen molar-refractivity contribution in [3.05, 3.63) is 30.1 Å². The summed E-state index contributed by atoms with van der Waals surface area (Å²) in [5.41, 5.74) is 1.48. The van der Waals surface area contributed by atoms with Gasteiger partial charge in [-0.05, 0) is 105 Å². The van der Waals surface area contributed by atoms with E-state index in [4.69, 9.17) is 0 Å². The summed E-state index contributed by atoms with van der Waals surface area (Å²) in [5.74, 6) is 2.51. The Labute approximate surface area is 189 Å². The fourth-order valence-electron chi connectivity index (χ4n) is 6.90. The Morgan fingerprint density at radius 1 is 1.03 bits per heavy atom. The second kappa shape index (κ2) is 10.0. The molecule has 4 aliphatic carbocycles. The molecule has 4 nitrogen and oxygen atoms in total. The number of pyridine rings is 1. The van der Waals surface area contributed by atoms with E-state index in [-0.39, 0.29) is 19.0 Å². The van der Waals surface area contributed by atoms with E-state index in [0.29, 0.717) is 18.5 Å². The number of carbonyl (C=O) groups excluding carboxylic acids is 1. The zero-order valence-corrected chi connectivity index (χ0v) is 18.9. The smallest absolute Gasteiger partial charge is 0.338 e. The van der Waals surface area contributed by atoms with Gasteiger partial charge in [0.2, 0.25) is 0 Å². The molecule has 1 aromatic rings. The zero-order valence-electron chi connectivity index (χ0n) is 18.9. The molecule has 4 bridgehead atoms. The van der Waals surface area contributed by atoms with Gasteiger partial charge in [-0.15, -0.1) is 0 Å². The van der Waals surface area contributed by atoms with Crippen molar-refractivity contribution in [3.63, 3.8) is 0 Å². The first-order valence-electron chi connectivity index (χ1n) is 12.3. The number of aromatic nitrogens is 1. The van der Waals surface area contributed by atoms with E-state index in [1.807, 2.05) is 12.1 Å². The Morgan fingerprint density at radius 2 is 1.66 bits per heavy atom. The number of hydrogen-bond donors (Lipinski definition) is 1. The number of amides is 2. The summed E-state index contributed by atoms with van der Waals surface area (Å²) in [6.07, 6.45) is 8.89. The normalized spacial score (nSPS) is 28.7. The van der Waals surface area contributed by atoms with E-state index < -0.39 is 12.6 Å². The van der Waals surface area contributed by atoms with Crippen molar-refractivity contribution in [2.45, 2.75) is 76.8 Å². The lowest BCUT2D eigenvalue weighted by Crippen LogP contribution is -2.48. The topological polar surface area (TPSA) is 45.2 Å². The summed E-state index contributed by atoms with van der Waals surface area (Å²) in [4.78, 5) is 18.5. The second-order valence-corrected chi connectivity index (χ2v) is 10.6. The van der Waals surface area contributed by atoms with Crippen molar-refractivity contribution >= 4 is 6.03 Å². The minimum Gasteiger partial charge on any atom is -0.338 e. The number of nitrogens with zero attached hydrogens (tertiary/aromatic N) is 2. The molecule has 4 fully saturated rings. The van der Waals surface area contributed by atoms with Crippen LogP contribution in [0.2, 0.25) is 0 Å². The first-order chi connectivity index (χ1) is 15.3. The SMILES string of the molecule is O=C(NCCCc1ccncc1)N(CCCC(F)(F)F)CCC12CC3CC(CC(C3)C1)C2. The zero-order chi connectivity index (χ0) is 22.6. The molecule has 1 aromatic heterocycles. The Morgan fingerprint density at radius 3 is 2.25 bits per heavy atom. The molecule has 0 spiro atoms. The van der Waals surface area contributed by atoms with E-state index in [9.17, 15) is 18.0 Å². The summed E-state index contributed by atoms with van der Waals surface area (Å²) in [6, 6.07) is 3.69. The highest BCUT2D eigenvalue weighted by molar-refractivity contribution is 5.74. The number of aryl methyl sites for hydroxylation is 1. The Bertz CT molecular complexity index is 717. The number of halogens is 3. The maximum absolute atomic E-state index is 12.9. The van der Waals surface area contributed by atoms with Crippen LogP contribution in [0.4, 0.5) is 18.0 Å². The molecule has 2 amide bonds. The number of alkyl halides is 3. The molecule has 0 radical (unpaired) electrons. The van der Waals surface area contributed by atoms with Crippen LogP contribution in [0.25, 0.3) is 0 Å². The average Bonchev–Trinajstić information content (AvgIpc) is 2.72. The molecule has 32 heavy (non-hydrogen) atoms. The minimum absolute atomic E-state index is 0.0329. The number of urea groups is 1. The van der Waals surface area contributed by atoms with Crippen LogP contribution in [-0.2, 0) is 6.42 Å².